The van der Waals surface area contributed by atoms with Gasteiger partial charge in [-0.1, -0.05) is 61.2 Å². The Balaban J connectivity index is 1.97. The fourth-order valence-electron chi connectivity index (χ4n) is 2.79. The molecule has 1 aromatic carbocycles. The number of carbonyl (C=O) groups excluding carboxylic acids is 1. The third-order valence-electron chi connectivity index (χ3n) is 3.82. The van der Waals surface area contributed by atoms with Gasteiger partial charge in [0.25, 0.3) is 0 Å². The zero-order valence-electron chi connectivity index (χ0n) is 12.7. The molecule has 1 atom stereocenters. The molecule has 2 nitrogen and oxygen atoms in total. The predicted molar refractivity (Wildman–Crippen MR) is 87.9 cm³/mol. The van der Waals surface area contributed by atoms with E-state index in [2.05, 4.69) is 35.7 Å². The standard InChI is InChI=1S/C19H23NO/c1-3-8-17(9-4-2)19(21)18-12-13-20(15-18)14-16-10-6-5-7-11-16/h3-11,18H,1,12-15H2,2H3/b9-4-,17-8+. The minimum absolute atomic E-state index is 0.108. The molecule has 0 bridgehead atoms. The molecule has 2 heteroatoms. The van der Waals surface area contributed by atoms with Crippen LogP contribution in [0.3, 0.4) is 0 Å². The highest BCUT2D eigenvalue weighted by Crippen LogP contribution is 2.22. The molecule has 0 N–H and O–H groups in total. The Kier molecular flexibility index (Phi) is 5.70. The number of hydrogen-bond acceptors (Lipinski definition) is 2. The number of hydrogen-bond donors (Lipinski definition) is 0. The van der Waals surface area contributed by atoms with Crippen LogP contribution >= 0.6 is 0 Å². The molecule has 0 radical (unpaired) electrons. The maximum Gasteiger partial charge on any atom is 0.167 e. The summed E-state index contributed by atoms with van der Waals surface area (Å²) in [6.45, 7) is 8.38. The zero-order chi connectivity index (χ0) is 15.1. The van der Waals surface area contributed by atoms with Crippen LogP contribution in [-0.2, 0) is 11.3 Å². The molecule has 1 fully saturated rings. The highest BCUT2D eigenvalue weighted by Gasteiger charge is 2.29. The molecule has 1 aliphatic rings. The van der Waals surface area contributed by atoms with Gasteiger partial charge in [-0.2, -0.15) is 0 Å². The monoisotopic (exact) mass is 281 g/mol. The minimum Gasteiger partial charge on any atom is -0.298 e. The second-order valence-electron chi connectivity index (χ2n) is 5.43. The smallest absolute Gasteiger partial charge is 0.167 e. The fourth-order valence-corrected chi connectivity index (χ4v) is 2.79. The number of carbonyl (C=O) groups is 1. The first kappa shape index (κ1) is 15.5. The average molecular weight is 281 g/mol. The molecular weight excluding hydrogens is 258 g/mol. The van der Waals surface area contributed by atoms with Crippen molar-refractivity contribution in [2.45, 2.75) is 19.9 Å². The molecule has 1 heterocycles. The molecule has 1 saturated heterocycles. The average Bonchev–Trinajstić information content (AvgIpc) is 2.96. The quantitative estimate of drug-likeness (QED) is 0.584. The number of allylic oxidation sites excluding steroid dienone is 5. The van der Waals surface area contributed by atoms with Gasteiger partial charge in [-0.15, -0.1) is 0 Å². The van der Waals surface area contributed by atoms with Crippen LogP contribution in [0.25, 0.3) is 0 Å². The SMILES string of the molecule is C=C/C=C(\C=C/C)C(=O)C1CCN(Cc2ccccc2)C1. The van der Waals surface area contributed by atoms with E-state index in [1.54, 1.807) is 6.08 Å². The molecule has 0 spiro atoms. The Labute approximate surface area is 127 Å². The third kappa shape index (κ3) is 4.27. The van der Waals surface area contributed by atoms with Crippen molar-refractivity contribution in [2.75, 3.05) is 13.1 Å². The number of likely N-dealkylation sites (tertiary alicyclic amines) is 1. The Bertz CT molecular complexity index is 542. The van der Waals surface area contributed by atoms with Gasteiger partial charge in [0, 0.05) is 24.6 Å². The van der Waals surface area contributed by atoms with Crippen molar-refractivity contribution in [3.63, 3.8) is 0 Å². The van der Waals surface area contributed by atoms with E-state index in [4.69, 9.17) is 0 Å². The predicted octanol–water partition coefficient (Wildman–Crippen LogP) is 3.77. The molecule has 0 saturated carbocycles. The van der Waals surface area contributed by atoms with Crippen LogP contribution in [-0.4, -0.2) is 23.8 Å². The summed E-state index contributed by atoms with van der Waals surface area (Å²) >= 11 is 0. The summed E-state index contributed by atoms with van der Waals surface area (Å²) < 4.78 is 0. The largest absolute Gasteiger partial charge is 0.298 e. The van der Waals surface area contributed by atoms with Crippen LogP contribution < -0.4 is 0 Å². The molecule has 2 rings (SSSR count). The lowest BCUT2D eigenvalue weighted by molar-refractivity contribution is -0.118. The van der Waals surface area contributed by atoms with Crippen LogP contribution in [0, 0.1) is 5.92 Å². The number of rotatable bonds is 6. The second-order valence-corrected chi connectivity index (χ2v) is 5.43. The van der Waals surface area contributed by atoms with Crippen molar-refractivity contribution in [3.8, 4) is 0 Å². The van der Waals surface area contributed by atoms with Crippen molar-refractivity contribution >= 4 is 5.78 Å². The van der Waals surface area contributed by atoms with Crippen molar-refractivity contribution < 1.29 is 4.79 Å². The van der Waals surface area contributed by atoms with Gasteiger partial charge in [-0.3, -0.25) is 9.69 Å². The summed E-state index contributed by atoms with van der Waals surface area (Å²) in [5, 5.41) is 0. The lowest BCUT2D eigenvalue weighted by atomic mass is 9.96. The van der Waals surface area contributed by atoms with Gasteiger partial charge in [0.05, 0.1) is 0 Å². The van der Waals surface area contributed by atoms with Crippen LogP contribution in [0.2, 0.25) is 0 Å². The van der Waals surface area contributed by atoms with Crippen molar-refractivity contribution in [1.29, 1.82) is 0 Å². The van der Waals surface area contributed by atoms with Crippen LogP contribution in [0.15, 0.2) is 66.8 Å². The summed E-state index contributed by atoms with van der Waals surface area (Å²) in [7, 11) is 0. The van der Waals surface area contributed by atoms with E-state index in [-0.39, 0.29) is 11.7 Å². The van der Waals surface area contributed by atoms with Gasteiger partial charge in [0.15, 0.2) is 5.78 Å². The molecule has 1 aliphatic heterocycles. The van der Waals surface area contributed by atoms with E-state index in [9.17, 15) is 4.79 Å². The van der Waals surface area contributed by atoms with E-state index in [1.807, 2.05) is 31.2 Å². The van der Waals surface area contributed by atoms with E-state index in [1.165, 1.54) is 5.56 Å². The number of Topliss-reactive ketones (excluding diaryl/α,β-unsaturated/α-hetero) is 1. The third-order valence-corrected chi connectivity index (χ3v) is 3.82. The van der Waals surface area contributed by atoms with Gasteiger partial charge >= 0.3 is 0 Å². The molecule has 21 heavy (non-hydrogen) atoms. The van der Waals surface area contributed by atoms with Crippen molar-refractivity contribution in [2.24, 2.45) is 5.92 Å². The Morgan fingerprint density at radius 1 is 1.38 bits per heavy atom. The van der Waals surface area contributed by atoms with Gasteiger partial charge < -0.3 is 0 Å². The number of ketones is 1. The summed E-state index contributed by atoms with van der Waals surface area (Å²) in [4.78, 5) is 14.9. The summed E-state index contributed by atoms with van der Waals surface area (Å²) in [5.74, 6) is 0.347. The fraction of sp³-hybridized carbons (Fsp3) is 0.316. The minimum atomic E-state index is 0.108. The van der Waals surface area contributed by atoms with Crippen molar-refractivity contribution in [1.82, 2.24) is 4.90 Å². The van der Waals surface area contributed by atoms with E-state index in [0.717, 1.165) is 31.6 Å². The first-order chi connectivity index (χ1) is 10.2. The first-order valence-corrected chi connectivity index (χ1v) is 7.50. The Morgan fingerprint density at radius 3 is 2.81 bits per heavy atom. The lowest BCUT2D eigenvalue weighted by Crippen LogP contribution is -2.23. The number of nitrogens with zero attached hydrogens (tertiary/aromatic N) is 1. The van der Waals surface area contributed by atoms with E-state index in [0.29, 0.717) is 0 Å². The first-order valence-electron chi connectivity index (χ1n) is 7.50. The molecule has 1 aromatic rings. The second kappa shape index (κ2) is 7.75. The molecule has 0 aromatic heterocycles. The van der Waals surface area contributed by atoms with Gasteiger partial charge in [-0.05, 0) is 25.5 Å². The highest BCUT2D eigenvalue weighted by molar-refractivity contribution is 6.00. The summed E-state index contributed by atoms with van der Waals surface area (Å²) in [6, 6.07) is 10.4. The summed E-state index contributed by atoms with van der Waals surface area (Å²) in [6.07, 6.45) is 8.22. The topological polar surface area (TPSA) is 20.3 Å². The van der Waals surface area contributed by atoms with Gasteiger partial charge in [0.1, 0.15) is 0 Å². The Hall–Kier alpha value is -1.93. The highest BCUT2D eigenvalue weighted by atomic mass is 16.1. The maximum absolute atomic E-state index is 12.5. The lowest BCUT2D eigenvalue weighted by Gasteiger charge is -2.15. The van der Waals surface area contributed by atoms with E-state index >= 15 is 0 Å². The van der Waals surface area contributed by atoms with Crippen LogP contribution in [0.4, 0.5) is 0 Å². The molecule has 0 aliphatic carbocycles. The molecular formula is C19H23NO. The normalized spacial score (nSPS) is 20.0. The summed E-state index contributed by atoms with van der Waals surface area (Å²) in [5.41, 5.74) is 2.07. The molecule has 110 valence electrons. The van der Waals surface area contributed by atoms with E-state index < -0.39 is 0 Å². The van der Waals surface area contributed by atoms with Crippen molar-refractivity contribution in [3.05, 3.63) is 72.4 Å². The molecule has 0 amide bonds. The van der Waals surface area contributed by atoms with Gasteiger partial charge in [-0.25, -0.2) is 0 Å². The maximum atomic E-state index is 12.5. The number of benzene rings is 1. The van der Waals surface area contributed by atoms with Crippen LogP contribution in [0.5, 0.6) is 0 Å². The zero-order valence-corrected chi connectivity index (χ0v) is 12.7. The van der Waals surface area contributed by atoms with Crippen LogP contribution in [0.1, 0.15) is 18.9 Å². The van der Waals surface area contributed by atoms with Gasteiger partial charge in [0.2, 0.25) is 0 Å². The molecule has 1 unspecified atom stereocenters. The Morgan fingerprint density at radius 2 is 2.14 bits per heavy atom.